The first-order chi connectivity index (χ1) is 6.83. The standard InChI is InChI=1S/C6H8Cl2O6S/c7-5(9)13-1-3-15(11,12)4-2-14-6(8)10/h1-4H2. The minimum Gasteiger partial charge on any atom is -0.453 e. The Kier molecular flexibility index (Phi) is 6.62. The Morgan fingerprint density at radius 3 is 1.53 bits per heavy atom. The zero-order chi connectivity index (χ0) is 11.9. The van der Waals surface area contributed by atoms with Gasteiger partial charge in [0.15, 0.2) is 9.84 Å². The molecule has 0 saturated carbocycles. The van der Waals surface area contributed by atoms with Crippen molar-refractivity contribution in [3.05, 3.63) is 0 Å². The Balaban J connectivity index is 3.77. The molecular formula is C6H8Cl2O6S. The van der Waals surface area contributed by atoms with Crippen LogP contribution in [-0.4, -0.2) is 44.0 Å². The zero-order valence-corrected chi connectivity index (χ0v) is 9.77. The lowest BCUT2D eigenvalue weighted by Gasteiger charge is -2.03. The third-order valence-electron chi connectivity index (χ3n) is 1.22. The van der Waals surface area contributed by atoms with E-state index in [-0.39, 0.29) is 24.7 Å². The van der Waals surface area contributed by atoms with Crippen LogP contribution >= 0.6 is 23.2 Å². The number of hydrogen-bond donors (Lipinski definition) is 0. The SMILES string of the molecule is O=C(Cl)OCCS(=O)(=O)CCOC(=O)Cl. The number of ether oxygens (including phenoxy) is 2. The second-order valence-corrected chi connectivity index (χ2v) is 5.24. The predicted octanol–water partition coefficient (Wildman–Crippen LogP) is 1.15. The summed E-state index contributed by atoms with van der Waals surface area (Å²) in [5.74, 6) is -0.767. The van der Waals surface area contributed by atoms with Gasteiger partial charge in [-0.05, 0) is 0 Å². The summed E-state index contributed by atoms with van der Waals surface area (Å²) in [4.78, 5) is 20.2. The second-order valence-electron chi connectivity index (χ2n) is 2.32. The highest BCUT2D eigenvalue weighted by atomic mass is 35.5. The van der Waals surface area contributed by atoms with Crippen molar-refractivity contribution in [2.75, 3.05) is 24.7 Å². The largest absolute Gasteiger partial charge is 0.453 e. The third kappa shape index (κ3) is 9.77. The first-order valence-electron chi connectivity index (χ1n) is 3.68. The lowest BCUT2D eigenvalue weighted by atomic mass is 10.8. The van der Waals surface area contributed by atoms with Crippen LogP contribution in [0.25, 0.3) is 0 Å². The van der Waals surface area contributed by atoms with Gasteiger partial charge in [0.25, 0.3) is 0 Å². The second kappa shape index (κ2) is 6.86. The summed E-state index contributed by atoms with van der Waals surface area (Å²) >= 11 is 9.62. The average molecular weight is 279 g/mol. The fourth-order valence-electron chi connectivity index (χ4n) is 0.600. The molecule has 0 aromatic heterocycles. The minimum absolute atomic E-state index is 0.334. The number of carbonyl (C=O) groups is 2. The minimum atomic E-state index is -3.44. The van der Waals surface area contributed by atoms with Gasteiger partial charge in [-0.15, -0.1) is 0 Å². The van der Waals surface area contributed by atoms with Crippen LogP contribution in [-0.2, 0) is 19.3 Å². The van der Waals surface area contributed by atoms with E-state index in [1.165, 1.54) is 0 Å². The van der Waals surface area contributed by atoms with Crippen LogP contribution in [0.2, 0.25) is 0 Å². The molecule has 0 aromatic carbocycles. The van der Waals surface area contributed by atoms with E-state index in [0.717, 1.165) is 0 Å². The van der Waals surface area contributed by atoms with E-state index in [0.29, 0.717) is 0 Å². The van der Waals surface area contributed by atoms with Crippen LogP contribution in [0.3, 0.4) is 0 Å². The van der Waals surface area contributed by atoms with Crippen LogP contribution in [0.5, 0.6) is 0 Å². The van der Waals surface area contributed by atoms with Gasteiger partial charge in [-0.1, -0.05) is 0 Å². The Labute approximate surface area is 96.3 Å². The molecule has 0 N–H and O–H groups in total. The van der Waals surface area contributed by atoms with Crippen molar-refractivity contribution in [1.82, 2.24) is 0 Å². The van der Waals surface area contributed by atoms with Gasteiger partial charge in [-0.25, -0.2) is 18.0 Å². The fraction of sp³-hybridized carbons (Fsp3) is 0.667. The van der Waals surface area contributed by atoms with Crippen molar-refractivity contribution in [2.45, 2.75) is 0 Å². The fourth-order valence-corrected chi connectivity index (χ4v) is 1.63. The van der Waals surface area contributed by atoms with Crippen LogP contribution in [0.4, 0.5) is 9.59 Å². The molecular weight excluding hydrogens is 271 g/mol. The first kappa shape index (κ1) is 14.5. The van der Waals surface area contributed by atoms with E-state index in [2.05, 4.69) is 9.47 Å². The van der Waals surface area contributed by atoms with E-state index in [4.69, 9.17) is 23.2 Å². The van der Waals surface area contributed by atoms with Crippen molar-refractivity contribution < 1.29 is 27.5 Å². The Hall–Kier alpha value is -0.530. The lowest BCUT2D eigenvalue weighted by molar-refractivity contribution is 0.179. The number of sulfone groups is 1. The Morgan fingerprint density at radius 2 is 1.27 bits per heavy atom. The first-order valence-corrected chi connectivity index (χ1v) is 6.26. The molecule has 0 radical (unpaired) electrons. The molecule has 0 spiro atoms. The molecule has 0 heterocycles. The van der Waals surface area contributed by atoms with E-state index >= 15 is 0 Å². The molecule has 0 rings (SSSR count). The molecule has 0 amide bonds. The molecule has 0 fully saturated rings. The van der Waals surface area contributed by atoms with Crippen LogP contribution in [0.1, 0.15) is 0 Å². The summed E-state index contributed by atoms with van der Waals surface area (Å²) < 4.78 is 30.7. The molecule has 0 aromatic rings. The summed E-state index contributed by atoms with van der Waals surface area (Å²) in [7, 11) is -3.44. The summed E-state index contributed by atoms with van der Waals surface area (Å²) in [6.07, 6.45) is 0. The summed E-state index contributed by atoms with van der Waals surface area (Å²) in [6.45, 7) is -0.668. The predicted molar refractivity (Wildman–Crippen MR) is 53.1 cm³/mol. The number of halogens is 2. The van der Waals surface area contributed by atoms with Gasteiger partial charge < -0.3 is 9.47 Å². The average Bonchev–Trinajstić information content (AvgIpc) is 2.01. The van der Waals surface area contributed by atoms with E-state index in [9.17, 15) is 18.0 Å². The molecule has 9 heteroatoms. The van der Waals surface area contributed by atoms with Crippen molar-refractivity contribution in [3.63, 3.8) is 0 Å². The highest BCUT2D eigenvalue weighted by Gasteiger charge is 2.12. The molecule has 0 aliphatic heterocycles. The summed E-state index contributed by atoms with van der Waals surface area (Å²) in [6, 6.07) is 0. The Morgan fingerprint density at radius 1 is 0.933 bits per heavy atom. The summed E-state index contributed by atoms with van der Waals surface area (Å²) in [5.41, 5.74) is -2.14. The monoisotopic (exact) mass is 278 g/mol. The van der Waals surface area contributed by atoms with Gasteiger partial charge in [-0.3, -0.25) is 0 Å². The van der Waals surface area contributed by atoms with Crippen molar-refractivity contribution in [3.8, 4) is 0 Å². The normalized spacial score (nSPS) is 10.8. The third-order valence-corrected chi connectivity index (χ3v) is 3.02. The molecule has 6 nitrogen and oxygen atoms in total. The number of hydrogen-bond acceptors (Lipinski definition) is 6. The zero-order valence-electron chi connectivity index (χ0n) is 7.44. The topological polar surface area (TPSA) is 86.7 Å². The van der Waals surface area contributed by atoms with Crippen molar-refractivity contribution >= 4 is 43.9 Å². The molecule has 0 aliphatic carbocycles. The summed E-state index contributed by atoms with van der Waals surface area (Å²) in [5, 5.41) is 0. The molecule has 15 heavy (non-hydrogen) atoms. The Bertz CT molecular complexity index is 299. The highest BCUT2D eigenvalue weighted by molar-refractivity contribution is 7.91. The molecule has 0 saturated heterocycles. The molecule has 0 bridgehead atoms. The van der Waals surface area contributed by atoms with Gasteiger partial charge in [0.05, 0.1) is 11.5 Å². The number of carbonyl (C=O) groups excluding carboxylic acids is 2. The number of rotatable bonds is 6. The molecule has 0 aliphatic rings. The highest BCUT2D eigenvalue weighted by Crippen LogP contribution is 1.95. The maximum Gasteiger partial charge on any atom is 0.403 e. The van der Waals surface area contributed by atoms with Crippen molar-refractivity contribution in [1.29, 1.82) is 0 Å². The molecule has 88 valence electrons. The van der Waals surface area contributed by atoms with Crippen LogP contribution in [0, 0.1) is 0 Å². The van der Waals surface area contributed by atoms with E-state index in [1.54, 1.807) is 0 Å². The lowest BCUT2D eigenvalue weighted by Crippen LogP contribution is -2.19. The van der Waals surface area contributed by atoms with E-state index in [1.807, 2.05) is 0 Å². The molecule has 0 atom stereocenters. The maximum absolute atomic E-state index is 11.1. The van der Waals surface area contributed by atoms with Gasteiger partial charge in [0.1, 0.15) is 13.2 Å². The van der Waals surface area contributed by atoms with E-state index < -0.39 is 20.7 Å². The van der Waals surface area contributed by atoms with Gasteiger partial charge in [0, 0.05) is 23.2 Å². The smallest absolute Gasteiger partial charge is 0.403 e. The van der Waals surface area contributed by atoms with Crippen molar-refractivity contribution in [2.24, 2.45) is 0 Å². The maximum atomic E-state index is 11.1. The van der Waals surface area contributed by atoms with Crippen LogP contribution < -0.4 is 0 Å². The molecule has 0 unspecified atom stereocenters. The quantitative estimate of drug-likeness (QED) is 0.678. The van der Waals surface area contributed by atoms with Crippen LogP contribution in [0.15, 0.2) is 0 Å². The van der Waals surface area contributed by atoms with Gasteiger partial charge in [-0.2, -0.15) is 0 Å². The van der Waals surface area contributed by atoms with Gasteiger partial charge in [0.2, 0.25) is 0 Å². The van der Waals surface area contributed by atoms with Gasteiger partial charge >= 0.3 is 10.9 Å².